The van der Waals surface area contributed by atoms with E-state index in [-0.39, 0.29) is 13.4 Å². The zero-order valence-corrected chi connectivity index (χ0v) is 64.6. The third-order valence-electron chi connectivity index (χ3n) is 24.1. The van der Waals surface area contributed by atoms with Gasteiger partial charge >= 0.3 is 0 Å². The fourth-order valence-corrected chi connectivity index (χ4v) is 20.5. The number of para-hydroxylation sites is 9. The molecule has 0 amide bonds. The molecule has 19 aromatic rings. The van der Waals surface area contributed by atoms with Crippen molar-refractivity contribution in [3.63, 3.8) is 0 Å². The molecule has 0 saturated heterocycles. The molecular formula is C108H72B2N6S. The summed E-state index contributed by atoms with van der Waals surface area (Å²) in [5.41, 5.74) is 35.8. The van der Waals surface area contributed by atoms with Crippen LogP contribution in [0.5, 0.6) is 0 Å². The van der Waals surface area contributed by atoms with E-state index >= 15 is 0 Å². The standard InChI is InChI=1S/C108H72B2N6S/c1-10-37-73(38-11-1)84-56-34-57-85(74-39-12-2-13-40-74)107(84)115-93-62-31-29-60-89(93)109-91-71-92-97(72-96(91)113(80-51-24-8-25-52-80)98-67-82(68-100(115)105(98)109)111(77-45-18-5-19-46-77)78-47-20-6-21-48-78)114(81-53-26-9-27-54-81)99-69-83(112(79-49-22-7-23-50-79)95-64-36-66-103-104(95)88-55-28-33-65-102(88)117-103)70-101-106(99)110(92)90-61-30-32-63-94(90)116(101)108-86(75-41-14-3-15-42-75)58-35-59-87(108)76-43-16-4-17-44-76/h1-72H. The van der Waals surface area contributed by atoms with E-state index in [1.807, 2.05) is 11.3 Å². The van der Waals surface area contributed by atoms with Crippen LogP contribution in [0.15, 0.2) is 437 Å². The summed E-state index contributed by atoms with van der Waals surface area (Å²) in [5.74, 6) is 0. The van der Waals surface area contributed by atoms with Crippen LogP contribution < -0.4 is 62.2 Å². The Morgan fingerprint density at radius 2 is 0.538 bits per heavy atom. The zero-order chi connectivity index (χ0) is 77.0. The topological polar surface area (TPSA) is 19.4 Å². The van der Waals surface area contributed by atoms with Crippen LogP contribution in [0.4, 0.5) is 102 Å². The van der Waals surface area contributed by atoms with Crippen molar-refractivity contribution in [2.24, 2.45) is 0 Å². The average molecular weight is 1510 g/mol. The lowest BCUT2D eigenvalue weighted by Gasteiger charge is -2.48. The molecule has 0 saturated carbocycles. The Labute approximate surface area is 686 Å². The first-order valence-electron chi connectivity index (χ1n) is 40.3. The highest BCUT2D eigenvalue weighted by molar-refractivity contribution is 7.26. The van der Waals surface area contributed by atoms with Gasteiger partial charge in [0.2, 0.25) is 0 Å². The molecule has 0 spiro atoms. The van der Waals surface area contributed by atoms with Crippen molar-refractivity contribution in [1.29, 1.82) is 0 Å². The lowest BCUT2D eigenvalue weighted by Crippen LogP contribution is -2.65. The molecule has 9 heteroatoms. The monoisotopic (exact) mass is 1510 g/mol. The lowest BCUT2D eigenvalue weighted by molar-refractivity contribution is 1.21. The number of benzene rings is 18. The van der Waals surface area contributed by atoms with Gasteiger partial charge in [-0.15, -0.1) is 11.3 Å². The van der Waals surface area contributed by atoms with Crippen LogP contribution in [-0.2, 0) is 0 Å². The first-order chi connectivity index (χ1) is 58.1. The molecule has 0 N–H and O–H groups in total. The van der Waals surface area contributed by atoms with Gasteiger partial charge in [-0.3, -0.25) is 0 Å². The summed E-state index contributed by atoms with van der Waals surface area (Å²) in [6.07, 6.45) is 0. The van der Waals surface area contributed by atoms with Gasteiger partial charge in [0, 0.05) is 116 Å². The predicted octanol–water partition coefficient (Wildman–Crippen LogP) is 25.8. The Morgan fingerprint density at radius 3 is 0.957 bits per heavy atom. The van der Waals surface area contributed by atoms with E-state index in [9.17, 15) is 0 Å². The average Bonchev–Trinajstić information content (AvgIpc) is 1.13. The molecule has 0 aliphatic carbocycles. The van der Waals surface area contributed by atoms with E-state index in [0.717, 1.165) is 147 Å². The summed E-state index contributed by atoms with van der Waals surface area (Å²) in [5, 5.41) is 2.45. The second-order valence-electron chi connectivity index (χ2n) is 30.6. The number of rotatable bonds is 14. The summed E-state index contributed by atoms with van der Waals surface area (Å²) in [6, 6.07) is 163. The molecule has 4 aliphatic heterocycles. The van der Waals surface area contributed by atoms with Crippen LogP contribution in [0.2, 0.25) is 0 Å². The van der Waals surface area contributed by atoms with Gasteiger partial charge < -0.3 is 29.4 Å². The van der Waals surface area contributed by atoms with Gasteiger partial charge in [-0.25, -0.2) is 0 Å². The van der Waals surface area contributed by atoms with E-state index in [2.05, 4.69) is 466 Å². The van der Waals surface area contributed by atoms with Crippen molar-refractivity contribution in [3.05, 3.63) is 437 Å². The normalized spacial score (nSPS) is 12.7. The van der Waals surface area contributed by atoms with Crippen LogP contribution in [0, 0.1) is 0 Å². The van der Waals surface area contributed by atoms with Crippen molar-refractivity contribution in [2.75, 3.05) is 29.4 Å². The molecule has 117 heavy (non-hydrogen) atoms. The molecular weight excluding hydrogens is 1430 g/mol. The van der Waals surface area contributed by atoms with E-state index < -0.39 is 0 Å². The molecule has 0 unspecified atom stereocenters. The van der Waals surface area contributed by atoms with Gasteiger partial charge in [0.25, 0.3) is 13.4 Å². The van der Waals surface area contributed by atoms with Crippen molar-refractivity contribution in [2.45, 2.75) is 0 Å². The highest BCUT2D eigenvalue weighted by Crippen LogP contribution is 2.57. The molecule has 0 bridgehead atoms. The number of anilines is 18. The molecule has 5 heterocycles. The number of nitrogens with zero attached hydrogens (tertiary/aromatic N) is 6. The molecule has 0 radical (unpaired) electrons. The van der Waals surface area contributed by atoms with Gasteiger partial charge in [0.05, 0.1) is 28.4 Å². The summed E-state index contributed by atoms with van der Waals surface area (Å²) in [6.45, 7) is -0.580. The second kappa shape index (κ2) is 28.0. The molecule has 0 fully saturated rings. The fraction of sp³-hybridized carbons (Fsp3) is 0. The Hall–Kier alpha value is -14.9. The fourth-order valence-electron chi connectivity index (χ4n) is 19.3. The highest BCUT2D eigenvalue weighted by Gasteiger charge is 2.50. The Morgan fingerprint density at radius 1 is 0.214 bits per heavy atom. The van der Waals surface area contributed by atoms with E-state index in [4.69, 9.17) is 0 Å². The van der Waals surface area contributed by atoms with Gasteiger partial charge in [-0.1, -0.05) is 315 Å². The maximum atomic E-state index is 2.67. The quantitative estimate of drug-likeness (QED) is 0.100. The second-order valence-corrected chi connectivity index (χ2v) is 31.6. The minimum Gasteiger partial charge on any atom is -0.311 e. The molecule has 4 aliphatic rings. The third-order valence-corrected chi connectivity index (χ3v) is 25.2. The van der Waals surface area contributed by atoms with Gasteiger partial charge in [-0.05, 0) is 176 Å². The van der Waals surface area contributed by atoms with Crippen molar-refractivity contribution in [3.8, 4) is 44.5 Å². The van der Waals surface area contributed by atoms with Gasteiger partial charge in [0.15, 0.2) is 0 Å². The van der Waals surface area contributed by atoms with Crippen LogP contribution in [0.3, 0.4) is 0 Å². The minimum absolute atomic E-state index is 0.284. The third kappa shape index (κ3) is 11.0. The highest BCUT2D eigenvalue weighted by atomic mass is 32.1. The maximum absolute atomic E-state index is 2.67. The van der Waals surface area contributed by atoms with E-state index in [1.54, 1.807) is 0 Å². The number of hydrogen-bond acceptors (Lipinski definition) is 7. The number of fused-ring (bicyclic) bond motifs is 11. The van der Waals surface area contributed by atoms with Crippen molar-refractivity contribution < 1.29 is 0 Å². The first kappa shape index (κ1) is 67.8. The summed E-state index contributed by atoms with van der Waals surface area (Å²) >= 11 is 1.86. The number of hydrogen-bond donors (Lipinski definition) is 0. The molecule has 1 aromatic heterocycles. The Bertz CT molecular complexity index is 6890. The zero-order valence-electron chi connectivity index (χ0n) is 63.8. The largest absolute Gasteiger partial charge is 0.311 e. The smallest absolute Gasteiger partial charge is 0.252 e. The van der Waals surface area contributed by atoms with Crippen LogP contribution >= 0.6 is 11.3 Å². The Balaban J connectivity index is 0.857. The summed E-state index contributed by atoms with van der Waals surface area (Å²) < 4.78 is 2.49. The van der Waals surface area contributed by atoms with Crippen LogP contribution in [0.25, 0.3) is 64.7 Å². The minimum atomic E-state index is -0.296. The van der Waals surface area contributed by atoms with Gasteiger partial charge in [-0.2, -0.15) is 0 Å². The SMILES string of the molecule is c1ccc(-c2cccc(-c3ccccc3)c2N2c3ccccc3B3c4cc5c(cc4N(c4ccccc4)c4cc(N(c6ccccc6)c6ccccc6)cc2c43)N(c2ccccc2)c2cc(N(c3ccccc3)c3cccc4sc6ccccc6c34)cc3c2B5c2ccccc2N3c2c(-c3ccccc3)cccc2-c2ccccc2)cc1. The van der Waals surface area contributed by atoms with Crippen molar-refractivity contribution in [1.82, 2.24) is 0 Å². The summed E-state index contributed by atoms with van der Waals surface area (Å²) in [4.78, 5) is 15.5. The Kier molecular flexibility index (Phi) is 16.2. The van der Waals surface area contributed by atoms with E-state index in [1.165, 1.54) is 52.9 Å². The maximum Gasteiger partial charge on any atom is 0.252 e. The molecule has 23 rings (SSSR count). The van der Waals surface area contributed by atoms with E-state index in [0.29, 0.717) is 0 Å². The molecule has 546 valence electrons. The molecule has 6 nitrogen and oxygen atoms in total. The van der Waals surface area contributed by atoms with Crippen LogP contribution in [-0.4, -0.2) is 13.4 Å². The molecule has 0 atom stereocenters. The van der Waals surface area contributed by atoms with Gasteiger partial charge in [0.1, 0.15) is 0 Å². The first-order valence-corrected chi connectivity index (χ1v) is 41.1. The van der Waals surface area contributed by atoms with Crippen LogP contribution in [0.1, 0.15) is 0 Å². The number of thiophene rings is 1. The lowest BCUT2D eigenvalue weighted by atomic mass is 9.30. The summed E-state index contributed by atoms with van der Waals surface area (Å²) in [7, 11) is 0. The predicted molar refractivity (Wildman–Crippen MR) is 498 cm³/mol. The van der Waals surface area contributed by atoms with Crippen molar-refractivity contribution >= 4 is 180 Å². The molecule has 18 aromatic carbocycles.